The van der Waals surface area contributed by atoms with E-state index in [0.717, 1.165) is 31.8 Å². The Morgan fingerprint density at radius 1 is 1.08 bits per heavy atom. The summed E-state index contributed by atoms with van der Waals surface area (Å²) in [6.45, 7) is 4.17. The van der Waals surface area contributed by atoms with Gasteiger partial charge in [-0.05, 0) is 30.9 Å². The van der Waals surface area contributed by atoms with E-state index in [1.54, 1.807) is 11.8 Å². The zero-order valence-electron chi connectivity index (χ0n) is 15.3. The van der Waals surface area contributed by atoms with Crippen LogP contribution in [0.15, 0.2) is 60.7 Å². The van der Waals surface area contributed by atoms with Gasteiger partial charge in [-0.15, -0.1) is 11.8 Å². The van der Waals surface area contributed by atoms with Gasteiger partial charge in [-0.2, -0.15) is 0 Å². The molecule has 4 heteroatoms. The summed E-state index contributed by atoms with van der Waals surface area (Å²) in [4.78, 5) is 12.6. The summed E-state index contributed by atoms with van der Waals surface area (Å²) in [7, 11) is 0. The van der Waals surface area contributed by atoms with E-state index in [1.165, 1.54) is 11.1 Å². The number of thioether (sulfide) groups is 1. The Bertz CT molecular complexity index is 684. The van der Waals surface area contributed by atoms with Crippen LogP contribution in [0.4, 0.5) is 0 Å². The monoisotopic (exact) mass is 369 g/mol. The first-order valence-corrected chi connectivity index (χ1v) is 10.3. The van der Waals surface area contributed by atoms with Crippen LogP contribution in [0, 0.1) is 0 Å². The number of carbonyl (C=O) groups is 1. The third kappa shape index (κ3) is 4.89. The highest BCUT2D eigenvalue weighted by Crippen LogP contribution is 2.34. The fourth-order valence-corrected chi connectivity index (χ4v) is 4.26. The minimum Gasteiger partial charge on any atom is -0.381 e. The molecule has 0 radical (unpaired) electrons. The van der Waals surface area contributed by atoms with Gasteiger partial charge in [0.15, 0.2) is 0 Å². The van der Waals surface area contributed by atoms with Crippen molar-refractivity contribution in [3.8, 4) is 0 Å². The molecule has 1 heterocycles. The van der Waals surface area contributed by atoms with Crippen molar-refractivity contribution in [1.29, 1.82) is 0 Å². The molecule has 0 unspecified atom stereocenters. The molecule has 1 aliphatic rings. The molecule has 1 fully saturated rings. The van der Waals surface area contributed by atoms with Crippen LogP contribution in [0.5, 0.6) is 0 Å². The van der Waals surface area contributed by atoms with Crippen molar-refractivity contribution in [1.82, 2.24) is 5.32 Å². The number of hydrogen-bond donors (Lipinski definition) is 1. The molecule has 2 aromatic carbocycles. The topological polar surface area (TPSA) is 38.3 Å². The highest BCUT2D eigenvalue weighted by atomic mass is 32.2. The van der Waals surface area contributed by atoms with E-state index in [2.05, 4.69) is 41.7 Å². The van der Waals surface area contributed by atoms with Crippen molar-refractivity contribution in [3.63, 3.8) is 0 Å². The molecule has 0 aliphatic carbocycles. The molecule has 3 nitrogen and oxygen atoms in total. The lowest BCUT2D eigenvalue weighted by molar-refractivity contribution is -0.120. The van der Waals surface area contributed by atoms with Crippen LogP contribution < -0.4 is 5.32 Å². The second-order valence-corrected chi connectivity index (χ2v) is 8.24. The first kappa shape index (κ1) is 19.0. The van der Waals surface area contributed by atoms with Gasteiger partial charge in [-0.3, -0.25) is 4.79 Å². The largest absolute Gasteiger partial charge is 0.381 e. The van der Waals surface area contributed by atoms with Crippen molar-refractivity contribution in [2.24, 2.45) is 0 Å². The van der Waals surface area contributed by atoms with Gasteiger partial charge < -0.3 is 10.1 Å². The maximum absolute atomic E-state index is 12.6. The first-order valence-electron chi connectivity index (χ1n) is 9.26. The van der Waals surface area contributed by atoms with Crippen molar-refractivity contribution in [2.75, 3.05) is 19.8 Å². The standard InChI is InChI=1S/C22H27NO2S/c1-18(26-16-19-8-4-2-5-9-19)21(24)23-17-22(12-14-25-15-13-22)20-10-6-3-7-11-20/h2-11,18H,12-17H2,1H3,(H,23,24)/t18-/m1/s1. The van der Waals surface area contributed by atoms with E-state index in [4.69, 9.17) is 4.74 Å². The van der Waals surface area contributed by atoms with E-state index < -0.39 is 0 Å². The van der Waals surface area contributed by atoms with Crippen LogP contribution in [0.3, 0.4) is 0 Å². The third-order valence-corrected chi connectivity index (χ3v) is 6.36. The molecule has 1 aliphatic heterocycles. The summed E-state index contributed by atoms with van der Waals surface area (Å²) >= 11 is 1.68. The Hall–Kier alpha value is -1.78. The summed E-state index contributed by atoms with van der Waals surface area (Å²) in [6.07, 6.45) is 1.89. The van der Waals surface area contributed by atoms with E-state index in [9.17, 15) is 4.79 Å². The lowest BCUT2D eigenvalue weighted by atomic mass is 9.74. The summed E-state index contributed by atoms with van der Waals surface area (Å²) in [6, 6.07) is 20.8. The van der Waals surface area contributed by atoms with Crippen molar-refractivity contribution < 1.29 is 9.53 Å². The zero-order valence-corrected chi connectivity index (χ0v) is 16.1. The van der Waals surface area contributed by atoms with Crippen molar-refractivity contribution in [3.05, 3.63) is 71.8 Å². The van der Waals surface area contributed by atoms with Gasteiger partial charge in [0.2, 0.25) is 5.91 Å². The van der Waals surface area contributed by atoms with Crippen molar-refractivity contribution >= 4 is 17.7 Å². The lowest BCUT2D eigenvalue weighted by Crippen LogP contribution is -2.46. The fraction of sp³-hybridized carbons (Fsp3) is 0.409. The maximum Gasteiger partial charge on any atom is 0.232 e. The van der Waals surface area contributed by atoms with E-state index >= 15 is 0 Å². The van der Waals surface area contributed by atoms with Gasteiger partial charge in [-0.1, -0.05) is 60.7 Å². The predicted molar refractivity (Wildman–Crippen MR) is 108 cm³/mol. The number of hydrogen-bond acceptors (Lipinski definition) is 3. The van der Waals surface area contributed by atoms with Gasteiger partial charge in [0.1, 0.15) is 0 Å². The number of rotatable bonds is 7. The van der Waals surface area contributed by atoms with Gasteiger partial charge >= 0.3 is 0 Å². The first-order chi connectivity index (χ1) is 12.7. The molecule has 2 aromatic rings. The quantitative estimate of drug-likeness (QED) is 0.796. The molecular formula is C22H27NO2S. The molecule has 0 saturated carbocycles. The molecule has 1 N–H and O–H groups in total. The Morgan fingerprint density at radius 3 is 2.35 bits per heavy atom. The fourth-order valence-electron chi connectivity index (χ4n) is 3.39. The Morgan fingerprint density at radius 2 is 1.69 bits per heavy atom. The van der Waals surface area contributed by atoms with Crippen LogP contribution in [0.2, 0.25) is 0 Å². The lowest BCUT2D eigenvalue weighted by Gasteiger charge is -2.38. The molecule has 1 saturated heterocycles. The SMILES string of the molecule is C[C@@H](SCc1ccccc1)C(=O)NCC1(c2ccccc2)CCOCC1. The van der Waals surface area contributed by atoms with Crippen LogP contribution in [-0.4, -0.2) is 30.9 Å². The Balaban J connectivity index is 1.57. The molecule has 3 rings (SSSR count). The Labute approximate surface area is 160 Å². The normalized spacial score (nSPS) is 17.4. The van der Waals surface area contributed by atoms with Crippen LogP contribution in [0.25, 0.3) is 0 Å². The average Bonchev–Trinajstić information content (AvgIpc) is 2.72. The molecular weight excluding hydrogens is 342 g/mol. The molecule has 1 atom stereocenters. The number of ether oxygens (including phenoxy) is 1. The highest BCUT2D eigenvalue weighted by Gasteiger charge is 2.35. The number of benzene rings is 2. The summed E-state index contributed by atoms with van der Waals surface area (Å²) in [5.41, 5.74) is 2.54. The van der Waals surface area contributed by atoms with Gasteiger partial charge in [-0.25, -0.2) is 0 Å². The molecule has 0 bridgehead atoms. The van der Waals surface area contributed by atoms with E-state index in [0.29, 0.717) is 6.54 Å². The molecule has 0 spiro atoms. The minimum absolute atomic E-state index is 0.0149. The number of amides is 1. The van der Waals surface area contributed by atoms with Gasteiger partial charge in [0, 0.05) is 30.9 Å². The van der Waals surface area contributed by atoms with E-state index in [-0.39, 0.29) is 16.6 Å². The van der Waals surface area contributed by atoms with Gasteiger partial charge in [0.05, 0.1) is 5.25 Å². The van der Waals surface area contributed by atoms with Crippen LogP contribution in [0.1, 0.15) is 30.9 Å². The molecule has 1 amide bonds. The zero-order chi connectivity index (χ0) is 18.2. The van der Waals surface area contributed by atoms with E-state index in [1.807, 2.05) is 31.2 Å². The molecule has 138 valence electrons. The third-order valence-electron chi connectivity index (χ3n) is 5.15. The summed E-state index contributed by atoms with van der Waals surface area (Å²) < 4.78 is 5.57. The molecule has 26 heavy (non-hydrogen) atoms. The number of nitrogens with one attached hydrogen (secondary N) is 1. The Kier molecular flexibility index (Phi) is 6.75. The van der Waals surface area contributed by atoms with Gasteiger partial charge in [0.25, 0.3) is 0 Å². The van der Waals surface area contributed by atoms with Crippen LogP contribution >= 0.6 is 11.8 Å². The second kappa shape index (κ2) is 9.24. The number of carbonyl (C=O) groups excluding carboxylic acids is 1. The predicted octanol–water partition coefficient (Wildman–Crippen LogP) is 4.17. The summed E-state index contributed by atoms with van der Waals surface area (Å²) in [5.74, 6) is 0.973. The highest BCUT2D eigenvalue weighted by molar-refractivity contribution is 7.99. The smallest absolute Gasteiger partial charge is 0.232 e. The second-order valence-electron chi connectivity index (χ2n) is 6.92. The summed E-state index contributed by atoms with van der Waals surface area (Å²) in [5, 5.41) is 3.15. The molecule has 0 aromatic heterocycles. The average molecular weight is 370 g/mol. The minimum atomic E-state index is -0.0668. The maximum atomic E-state index is 12.6. The van der Waals surface area contributed by atoms with Crippen molar-refractivity contribution in [2.45, 2.75) is 36.2 Å². The van der Waals surface area contributed by atoms with Crippen LogP contribution in [-0.2, 0) is 20.7 Å².